The average Bonchev–Trinajstić information content (AvgIpc) is 3.12. The van der Waals surface area contributed by atoms with Crippen LogP contribution in [-0.4, -0.2) is 17.5 Å². The van der Waals surface area contributed by atoms with Crippen LogP contribution in [0.15, 0.2) is 24.3 Å². The maximum absolute atomic E-state index is 12.8. The van der Waals surface area contributed by atoms with Gasteiger partial charge in [0.2, 0.25) is 0 Å². The number of ketones is 1. The van der Waals surface area contributed by atoms with Crippen LogP contribution in [0, 0.1) is 56.7 Å². The van der Waals surface area contributed by atoms with Crippen molar-refractivity contribution in [3.63, 3.8) is 0 Å². The zero-order valence-corrected chi connectivity index (χ0v) is 21.5. The van der Waals surface area contributed by atoms with Crippen LogP contribution in [-0.2, 0) is 4.79 Å². The molecule has 0 aliphatic heterocycles. The van der Waals surface area contributed by atoms with E-state index in [1.54, 1.807) is 0 Å². The minimum Gasteiger partial charge on any atom is -0.396 e. The Balaban J connectivity index is 1.58. The smallest absolute Gasteiger partial charge is 0.161 e. The van der Waals surface area contributed by atoms with Gasteiger partial charge in [-0.05, 0) is 116 Å². The monoisotopic (exact) mass is 438 g/mol. The van der Waals surface area contributed by atoms with E-state index in [9.17, 15) is 9.90 Å². The lowest BCUT2D eigenvalue weighted by Gasteiger charge is -2.71. The van der Waals surface area contributed by atoms with E-state index in [2.05, 4.69) is 54.2 Å². The second-order valence-electron chi connectivity index (χ2n) is 14.0. The molecule has 5 aliphatic carbocycles. The Hall–Kier alpha value is -0.890. The zero-order valence-electron chi connectivity index (χ0n) is 21.5. The van der Waals surface area contributed by atoms with Gasteiger partial charge in [-0.3, -0.25) is 4.79 Å². The summed E-state index contributed by atoms with van der Waals surface area (Å²) in [6, 6.07) is 0. The second kappa shape index (κ2) is 6.83. The normalized spacial score (nSPS) is 53.7. The molecule has 0 amide bonds. The summed E-state index contributed by atoms with van der Waals surface area (Å²) >= 11 is 0. The summed E-state index contributed by atoms with van der Waals surface area (Å²) in [7, 11) is 0. The molecule has 0 saturated heterocycles. The Morgan fingerprint density at radius 2 is 1.69 bits per heavy atom. The van der Waals surface area contributed by atoms with Crippen LogP contribution in [0.5, 0.6) is 0 Å². The molecule has 178 valence electrons. The van der Waals surface area contributed by atoms with Crippen LogP contribution in [0.4, 0.5) is 0 Å². The van der Waals surface area contributed by atoms with Crippen molar-refractivity contribution in [1.29, 1.82) is 0 Å². The van der Waals surface area contributed by atoms with Crippen LogP contribution >= 0.6 is 0 Å². The molecular weight excluding hydrogens is 392 g/mol. The molecule has 0 unspecified atom stereocenters. The Morgan fingerprint density at radius 3 is 2.34 bits per heavy atom. The summed E-state index contributed by atoms with van der Waals surface area (Å²) < 4.78 is 0. The zero-order chi connectivity index (χ0) is 23.3. The summed E-state index contributed by atoms with van der Waals surface area (Å²) in [6.45, 7) is 19.1. The van der Waals surface area contributed by atoms with E-state index in [0.29, 0.717) is 47.4 Å². The number of fused-ring (bicyclic) bond motifs is 7. The molecule has 2 heteroatoms. The van der Waals surface area contributed by atoms with Gasteiger partial charge in [-0.25, -0.2) is 0 Å². The van der Waals surface area contributed by atoms with Crippen LogP contribution in [0.2, 0.25) is 0 Å². The first kappa shape index (κ1) is 22.9. The van der Waals surface area contributed by atoms with Gasteiger partial charge < -0.3 is 5.11 Å². The third-order valence-corrected chi connectivity index (χ3v) is 12.8. The number of allylic oxidation sites excluding steroid dienone is 3. The molecule has 9 atom stereocenters. The topological polar surface area (TPSA) is 37.3 Å². The molecule has 32 heavy (non-hydrogen) atoms. The second-order valence-corrected chi connectivity index (χ2v) is 14.0. The van der Waals surface area contributed by atoms with Crippen molar-refractivity contribution < 1.29 is 9.90 Å². The summed E-state index contributed by atoms with van der Waals surface area (Å²) in [5.74, 6) is 3.24. The van der Waals surface area contributed by atoms with Crippen molar-refractivity contribution >= 4 is 5.78 Å². The van der Waals surface area contributed by atoms with Gasteiger partial charge in [-0.15, -0.1) is 0 Å². The van der Waals surface area contributed by atoms with E-state index in [4.69, 9.17) is 0 Å². The maximum atomic E-state index is 12.8. The molecule has 5 rings (SSSR count). The number of aliphatic hydroxyl groups is 1. The fourth-order valence-corrected chi connectivity index (χ4v) is 10.9. The molecule has 0 aromatic heterocycles. The molecule has 4 fully saturated rings. The predicted octanol–water partition coefficient (Wildman–Crippen LogP) is 6.98. The highest BCUT2D eigenvalue weighted by molar-refractivity contribution is 5.95. The average molecular weight is 439 g/mol. The van der Waals surface area contributed by atoms with E-state index in [-0.39, 0.29) is 21.7 Å². The van der Waals surface area contributed by atoms with Crippen molar-refractivity contribution in [2.45, 2.75) is 92.9 Å². The van der Waals surface area contributed by atoms with E-state index in [0.717, 1.165) is 6.42 Å². The minimum atomic E-state index is -0.252. The molecule has 0 heterocycles. The number of aliphatic hydroxyl groups excluding tert-OH is 1. The number of carbonyl (C=O) groups is 1. The van der Waals surface area contributed by atoms with Gasteiger partial charge in [0.25, 0.3) is 0 Å². The highest BCUT2D eigenvalue weighted by atomic mass is 16.3. The lowest BCUT2D eigenvalue weighted by Crippen LogP contribution is -2.65. The largest absolute Gasteiger partial charge is 0.396 e. The van der Waals surface area contributed by atoms with Gasteiger partial charge in [0.1, 0.15) is 0 Å². The van der Waals surface area contributed by atoms with Gasteiger partial charge in [0.15, 0.2) is 5.78 Å². The van der Waals surface area contributed by atoms with Crippen molar-refractivity contribution in [2.24, 2.45) is 56.7 Å². The van der Waals surface area contributed by atoms with Gasteiger partial charge in [0.05, 0.1) is 0 Å². The fourth-order valence-electron chi connectivity index (χ4n) is 10.9. The molecule has 0 bridgehead atoms. The maximum Gasteiger partial charge on any atom is 0.161 e. The molecule has 0 spiro atoms. The fraction of sp³-hybridized carbons (Fsp3) is 0.833. The molecule has 2 nitrogen and oxygen atoms in total. The van der Waals surface area contributed by atoms with Gasteiger partial charge in [-0.1, -0.05) is 52.8 Å². The van der Waals surface area contributed by atoms with Gasteiger partial charge in [0, 0.05) is 12.0 Å². The Labute approximate surface area is 196 Å². The molecule has 4 saturated carbocycles. The standard InChI is InChI=1S/C30H46O2/c1-19(2)20-10-15-30(18-31)17-16-28(6)21(25(20)30)8-9-23-27(5)13-12-24(32)26(3,4)22(27)11-14-29(23,28)7/h12-13,20-23,25,31H,1,8-11,14-18H2,2-7H3/t20-,21+,22-,23+,25+,27-,28+,29+,30+/m0/s1. The minimum absolute atomic E-state index is 0.104. The van der Waals surface area contributed by atoms with E-state index in [1.165, 1.54) is 50.5 Å². The van der Waals surface area contributed by atoms with Crippen molar-refractivity contribution in [3.05, 3.63) is 24.3 Å². The molecule has 0 radical (unpaired) electrons. The van der Waals surface area contributed by atoms with Gasteiger partial charge in [-0.2, -0.15) is 0 Å². The molecule has 5 aliphatic rings. The third kappa shape index (κ3) is 2.54. The van der Waals surface area contributed by atoms with Crippen LogP contribution in [0.3, 0.4) is 0 Å². The number of hydrogen-bond donors (Lipinski definition) is 1. The van der Waals surface area contributed by atoms with Crippen LogP contribution < -0.4 is 0 Å². The van der Waals surface area contributed by atoms with Crippen molar-refractivity contribution in [1.82, 2.24) is 0 Å². The molecule has 0 aromatic carbocycles. The van der Waals surface area contributed by atoms with E-state index in [1.807, 2.05) is 6.08 Å². The predicted molar refractivity (Wildman–Crippen MR) is 131 cm³/mol. The molecular formula is C30H46O2. The molecule has 0 aromatic rings. The first-order valence-corrected chi connectivity index (χ1v) is 13.4. The molecule has 1 N–H and O–H groups in total. The summed E-state index contributed by atoms with van der Waals surface area (Å²) in [5.41, 5.74) is 1.90. The first-order chi connectivity index (χ1) is 14.9. The summed E-state index contributed by atoms with van der Waals surface area (Å²) in [4.78, 5) is 12.8. The van der Waals surface area contributed by atoms with Crippen molar-refractivity contribution in [2.75, 3.05) is 6.61 Å². The Morgan fingerprint density at radius 1 is 0.969 bits per heavy atom. The van der Waals surface area contributed by atoms with E-state index >= 15 is 0 Å². The third-order valence-electron chi connectivity index (χ3n) is 12.8. The Kier molecular flexibility index (Phi) is 4.89. The highest BCUT2D eigenvalue weighted by Gasteiger charge is 2.70. The summed E-state index contributed by atoms with van der Waals surface area (Å²) in [5, 5.41) is 10.6. The SMILES string of the molecule is C=C(C)[C@@H]1CC[C@]2(CO)CC[C@]3(C)[C@H](CC[C@@H]4[C@@]5(C)C=CC(=O)C(C)(C)[C@@H]5CC[C@]43C)[C@@H]12. The highest BCUT2D eigenvalue weighted by Crippen LogP contribution is 2.76. The number of hydrogen-bond acceptors (Lipinski definition) is 2. The van der Waals surface area contributed by atoms with Crippen molar-refractivity contribution in [3.8, 4) is 0 Å². The quantitative estimate of drug-likeness (QED) is 0.472. The first-order valence-electron chi connectivity index (χ1n) is 13.4. The van der Waals surface area contributed by atoms with Crippen LogP contribution in [0.25, 0.3) is 0 Å². The number of carbonyl (C=O) groups excluding carboxylic acids is 1. The van der Waals surface area contributed by atoms with Crippen LogP contribution in [0.1, 0.15) is 92.9 Å². The summed E-state index contributed by atoms with van der Waals surface area (Å²) in [6.07, 6.45) is 14.0. The van der Waals surface area contributed by atoms with E-state index < -0.39 is 0 Å². The van der Waals surface area contributed by atoms with Gasteiger partial charge >= 0.3 is 0 Å². The lowest BCUT2D eigenvalue weighted by atomic mass is 9.33. The Bertz CT molecular complexity index is 868. The number of rotatable bonds is 2. The lowest BCUT2D eigenvalue weighted by molar-refractivity contribution is -0.221.